The Kier molecular flexibility index (Phi) is 12.2. The van der Waals surface area contributed by atoms with Crippen molar-refractivity contribution in [3.8, 4) is 22.3 Å². The number of benzene rings is 4. The second kappa shape index (κ2) is 16.4. The van der Waals surface area contributed by atoms with Crippen LogP contribution in [0.25, 0.3) is 45.6 Å². The van der Waals surface area contributed by atoms with E-state index < -0.39 is 25.6 Å². The quantitative estimate of drug-likeness (QED) is 0.146. The summed E-state index contributed by atoms with van der Waals surface area (Å²) in [7, 11) is 0. The van der Waals surface area contributed by atoms with Gasteiger partial charge in [-0.25, -0.2) is 0 Å². The van der Waals surface area contributed by atoms with E-state index in [1.807, 2.05) is 0 Å². The van der Waals surface area contributed by atoms with Crippen LogP contribution in [0.15, 0.2) is 118 Å². The average molecular weight is 934 g/mol. The number of hydrogen-bond donors (Lipinski definition) is 0. The van der Waals surface area contributed by atoms with Crippen molar-refractivity contribution in [1.82, 2.24) is 0 Å². The maximum Gasteiger partial charge on any atom is -1.00 e. The molecule has 54 heavy (non-hydrogen) atoms. The van der Waals surface area contributed by atoms with E-state index in [-0.39, 0.29) is 24.8 Å². The molecule has 8 rings (SSSR count). The molecule has 0 bridgehead atoms. The predicted molar refractivity (Wildman–Crippen MR) is 218 cm³/mol. The van der Waals surface area contributed by atoms with Crippen molar-refractivity contribution in [3.05, 3.63) is 166 Å². The van der Waals surface area contributed by atoms with Gasteiger partial charge in [0.05, 0.1) is 0 Å². The third kappa shape index (κ3) is 7.32. The van der Waals surface area contributed by atoms with Crippen molar-refractivity contribution in [3.63, 3.8) is 0 Å². The number of aryl methyl sites for hydroxylation is 2. The molecule has 2 aromatic heterocycles. The van der Waals surface area contributed by atoms with E-state index >= 15 is 0 Å². The van der Waals surface area contributed by atoms with E-state index in [0.29, 0.717) is 19.2 Å². The number of halogens is 2. The maximum atomic E-state index is 6.54. The first-order chi connectivity index (χ1) is 25.1. The summed E-state index contributed by atoms with van der Waals surface area (Å²) in [6, 6.07) is 41.3. The van der Waals surface area contributed by atoms with Crippen LogP contribution in [-0.2, 0) is 20.1 Å². The van der Waals surface area contributed by atoms with Gasteiger partial charge in [0.15, 0.2) is 0 Å². The van der Waals surface area contributed by atoms with Gasteiger partial charge in [-0.15, -0.1) is 0 Å². The van der Waals surface area contributed by atoms with Gasteiger partial charge in [-0.05, 0) is 0 Å². The standard InChI is InChI=1S/2C23H21O.C2H6Si.2ClH.Hf/c2*1-15(2)17-8-10-18(11-9-17)21-6-4-5-19-13-20(14-22(19)21)23-12-7-16(3)24-23;1-3-2;;;/h2*4-15H,1-3H3;1-2H3;2*1H;/q;;;;;+2/p-2. The van der Waals surface area contributed by atoms with Gasteiger partial charge in [0, 0.05) is 0 Å². The molecule has 2 atom stereocenters. The maximum absolute atomic E-state index is 6.54. The van der Waals surface area contributed by atoms with Crippen LogP contribution in [0.3, 0.4) is 0 Å². The van der Waals surface area contributed by atoms with Gasteiger partial charge in [-0.3, -0.25) is 0 Å². The summed E-state index contributed by atoms with van der Waals surface area (Å²) in [6.45, 7) is 18.4. The number of allylic oxidation sites excluding steroid dienone is 2. The Morgan fingerprint density at radius 2 is 0.907 bits per heavy atom. The van der Waals surface area contributed by atoms with Gasteiger partial charge >= 0.3 is 319 Å². The number of furan rings is 2. The largest absolute Gasteiger partial charge is 1.00 e. The number of hydrogen-bond acceptors (Lipinski definition) is 2. The molecule has 6 heteroatoms. The fourth-order valence-electron chi connectivity index (χ4n) is 8.42. The minimum absolute atomic E-state index is 0. The van der Waals surface area contributed by atoms with Gasteiger partial charge in [0.2, 0.25) is 0 Å². The first-order valence-corrected chi connectivity index (χ1v) is 30.8. The van der Waals surface area contributed by atoms with Crippen LogP contribution in [0.4, 0.5) is 0 Å². The van der Waals surface area contributed by atoms with Crippen LogP contribution >= 0.6 is 0 Å². The Labute approximate surface area is 341 Å². The minimum atomic E-state index is -2.85. The smallest absolute Gasteiger partial charge is 1.00 e. The molecular weight excluding hydrogens is 886 g/mol. The van der Waals surface area contributed by atoms with Gasteiger partial charge in [-0.1, -0.05) is 0 Å². The van der Waals surface area contributed by atoms with Crippen LogP contribution in [0, 0.1) is 13.8 Å². The predicted octanol–water partition coefficient (Wildman–Crippen LogP) is 7.84. The van der Waals surface area contributed by atoms with E-state index in [1.165, 1.54) is 66.8 Å². The van der Waals surface area contributed by atoms with Crippen molar-refractivity contribution in [2.24, 2.45) is 0 Å². The van der Waals surface area contributed by atoms with Crippen LogP contribution in [0.5, 0.6) is 0 Å². The molecule has 2 heterocycles. The topological polar surface area (TPSA) is 26.3 Å². The Balaban J connectivity index is 0.00000249. The molecule has 0 N–H and O–H groups in total. The summed E-state index contributed by atoms with van der Waals surface area (Å²) in [5.41, 5.74) is 15.7. The molecule has 2 aliphatic rings. The SMILES string of the molecule is Cc1ccc(C2=Cc3c(-c4ccc(C(C)C)cc4)cccc3[CH]2[Hf+2]([CH]2C(c3ccc(C)o3)=Cc3c(-c4ccc(C(C)C)cc4)cccc32)=[Si](C)C)o1.[Cl-].[Cl-]. The van der Waals surface area contributed by atoms with E-state index in [2.05, 4.69) is 176 Å². The Morgan fingerprint density at radius 1 is 0.519 bits per heavy atom. The fraction of sp³-hybridized carbons (Fsp3) is 0.250. The first kappa shape index (κ1) is 40.3. The van der Waals surface area contributed by atoms with E-state index in [1.54, 1.807) is 0 Å². The molecule has 0 saturated carbocycles. The molecule has 6 aromatic rings. The van der Waals surface area contributed by atoms with E-state index in [9.17, 15) is 0 Å². The molecule has 274 valence electrons. The fourth-order valence-corrected chi connectivity index (χ4v) is 36.6. The average Bonchev–Trinajstić information content (AvgIpc) is 3.94. The van der Waals surface area contributed by atoms with Crippen LogP contribution < -0.4 is 24.8 Å². The summed E-state index contributed by atoms with van der Waals surface area (Å²) in [5.74, 6) is 5.00. The summed E-state index contributed by atoms with van der Waals surface area (Å²) < 4.78 is 13.8. The number of fused-ring (bicyclic) bond motifs is 2. The van der Waals surface area contributed by atoms with Crippen molar-refractivity contribution >= 4 is 28.8 Å². The third-order valence-corrected chi connectivity index (χ3v) is 38.4. The normalized spacial score (nSPS) is 15.5. The zero-order valence-electron chi connectivity index (χ0n) is 32.4. The molecule has 2 aliphatic carbocycles. The molecule has 0 spiro atoms. The summed E-state index contributed by atoms with van der Waals surface area (Å²) in [4.78, 5) is 0. The summed E-state index contributed by atoms with van der Waals surface area (Å²) in [5, 5.41) is 0. The zero-order valence-corrected chi connectivity index (χ0v) is 38.5. The van der Waals surface area contributed by atoms with Crippen molar-refractivity contribution in [2.75, 3.05) is 0 Å². The molecule has 4 aromatic carbocycles. The summed E-state index contributed by atoms with van der Waals surface area (Å²) in [6.07, 6.45) is 5.00. The zero-order chi connectivity index (χ0) is 36.3. The minimum Gasteiger partial charge on any atom is -1.00 e. The van der Waals surface area contributed by atoms with Gasteiger partial charge in [0.25, 0.3) is 0 Å². The molecule has 0 aliphatic heterocycles. The third-order valence-electron chi connectivity index (χ3n) is 11.1. The van der Waals surface area contributed by atoms with E-state index in [0.717, 1.165) is 23.0 Å². The molecule has 2 unspecified atom stereocenters. The molecule has 0 saturated heterocycles. The van der Waals surface area contributed by atoms with Crippen LogP contribution in [0.1, 0.15) is 103 Å². The molecule has 0 radical (unpaired) electrons. The second-order valence-corrected chi connectivity index (χ2v) is 40.4. The van der Waals surface area contributed by atoms with Crippen molar-refractivity contribution in [1.29, 1.82) is 0 Å². The Bertz CT molecular complexity index is 2240. The molecule has 0 fully saturated rings. The summed E-state index contributed by atoms with van der Waals surface area (Å²) >= 11 is -2.85. The number of rotatable bonds is 8. The second-order valence-electron chi connectivity index (χ2n) is 15.5. The van der Waals surface area contributed by atoms with Gasteiger partial charge in [-0.2, -0.15) is 0 Å². The van der Waals surface area contributed by atoms with Crippen LogP contribution in [-0.4, -0.2) is 5.49 Å². The van der Waals surface area contributed by atoms with Gasteiger partial charge < -0.3 is 24.8 Å². The van der Waals surface area contributed by atoms with Crippen LogP contribution in [0.2, 0.25) is 13.1 Å². The Morgan fingerprint density at radius 3 is 1.22 bits per heavy atom. The van der Waals surface area contributed by atoms with E-state index in [4.69, 9.17) is 8.83 Å². The van der Waals surface area contributed by atoms with Crippen molar-refractivity contribution in [2.45, 2.75) is 73.8 Å². The molecule has 2 nitrogen and oxygen atoms in total. The molecule has 0 amide bonds. The monoisotopic (exact) mass is 934 g/mol. The van der Waals surface area contributed by atoms with Gasteiger partial charge in [0.1, 0.15) is 0 Å². The Hall–Kier alpha value is -3.41. The van der Waals surface area contributed by atoms with Crippen molar-refractivity contribution < 1.29 is 53.7 Å². The first-order valence-electron chi connectivity index (χ1n) is 18.8. The molecular formula is C48H48Cl2HfO2Si.